The number of carbonyl (C=O) groups is 1. The number of hydrogen-bond acceptors (Lipinski definition) is 2. The lowest BCUT2D eigenvalue weighted by Gasteiger charge is -2.38. The number of anilines is 2. The molecule has 1 aliphatic heterocycles. The minimum atomic E-state index is -0.289. The monoisotopic (exact) mass is 348 g/mol. The fourth-order valence-electron chi connectivity index (χ4n) is 3.10. The van der Waals surface area contributed by atoms with Crippen molar-refractivity contribution in [1.82, 2.24) is 0 Å². The Labute approximate surface area is 151 Å². The number of rotatable bonds is 2. The summed E-state index contributed by atoms with van der Waals surface area (Å²) in [5.74, 6) is -0.0156. The molecule has 0 aromatic heterocycles. The number of amides is 1. The smallest absolute Gasteiger partial charge is 0.262 e. The van der Waals surface area contributed by atoms with Crippen LogP contribution in [0.25, 0.3) is 0 Å². The molecule has 1 heterocycles. The van der Waals surface area contributed by atoms with E-state index < -0.39 is 0 Å². The van der Waals surface area contributed by atoms with E-state index in [1.807, 2.05) is 79.7 Å². The summed E-state index contributed by atoms with van der Waals surface area (Å²) in [4.78, 5) is 15.0. The predicted molar refractivity (Wildman–Crippen MR) is 102 cm³/mol. The van der Waals surface area contributed by atoms with Crippen molar-refractivity contribution >= 4 is 28.9 Å². The molecule has 4 heteroatoms. The first-order valence-electron chi connectivity index (χ1n) is 8.15. The molecule has 1 aliphatic rings. The first-order chi connectivity index (χ1) is 12.1. The number of hydrogen-bond donors (Lipinski definition) is 1. The van der Waals surface area contributed by atoms with Gasteiger partial charge in [-0.2, -0.15) is 0 Å². The largest absolute Gasteiger partial charge is 0.360 e. The van der Waals surface area contributed by atoms with E-state index in [0.717, 1.165) is 22.5 Å². The Bertz CT molecular complexity index is 919. The average molecular weight is 349 g/mol. The highest BCUT2D eigenvalue weighted by Gasteiger charge is 2.33. The fourth-order valence-corrected chi connectivity index (χ4v) is 3.23. The van der Waals surface area contributed by atoms with Crippen LogP contribution >= 0.6 is 11.6 Å². The highest BCUT2D eigenvalue weighted by Crippen LogP contribution is 2.36. The van der Waals surface area contributed by atoms with Crippen LogP contribution in [0.15, 0.2) is 72.8 Å². The summed E-state index contributed by atoms with van der Waals surface area (Å²) in [6, 6.07) is 23.2. The molecule has 0 bridgehead atoms. The van der Waals surface area contributed by atoms with Crippen LogP contribution in [0.1, 0.15) is 27.7 Å². The van der Waals surface area contributed by atoms with Crippen LogP contribution in [-0.2, 0) is 0 Å². The number of fused-ring (bicyclic) bond motifs is 1. The molecule has 0 aliphatic carbocycles. The van der Waals surface area contributed by atoms with E-state index in [0.29, 0.717) is 10.6 Å². The van der Waals surface area contributed by atoms with Crippen molar-refractivity contribution in [2.45, 2.75) is 13.1 Å². The van der Waals surface area contributed by atoms with Crippen molar-refractivity contribution in [3.63, 3.8) is 0 Å². The molecule has 1 atom stereocenters. The number of benzene rings is 3. The molecular formula is C21H17ClN2O. The molecule has 0 spiro atoms. The van der Waals surface area contributed by atoms with E-state index in [2.05, 4.69) is 5.32 Å². The Morgan fingerprint density at radius 3 is 2.32 bits per heavy atom. The van der Waals surface area contributed by atoms with Gasteiger partial charge in [-0.1, -0.05) is 53.6 Å². The van der Waals surface area contributed by atoms with Gasteiger partial charge in [0.2, 0.25) is 0 Å². The zero-order chi connectivity index (χ0) is 17.4. The second-order valence-electron chi connectivity index (χ2n) is 6.15. The van der Waals surface area contributed by atoms with Gasteiger partial charge in [0.1, 0.15) is 6.17 Å². The Morgan fingerprint density at radius 1 is 0.920 bits per heavy atom. The molecule has 1 N–H and O–H groups in total. The van der Waals surface area contributed by atoms with Crippen LogP contribution in [0.3, 0.4) is 0 Å². The summed E-state index contributed by atoms with van der Waals surface area (Å²) < 4.78 is 0. The molecule has 0 saturated heterocycles. The van der Waals surface area contributed by atoms with Gasteiger partial charge in [0.15, 0.2) is 0 Å². The van der Waals surface area contributed by atoms with Gasteiger partial charge in [-0.15, -0.1) is 0 Å². The Morgan fingerprint density at radius 2 is 1.60 bits per heavy atom. The normalized spacial score (nSPS) is 16.3. The topological polar surface area (TPSA) is 32.3 Å². The van der Waals surface area contributed by atoms with Gasteiger partial charge in [0.05, 0.1) is 5.56 Å². The van der Waals surface area contributed by atoms with Gasteiger partial charge in [0, 0.05) is 16.4 Å². The SMILES string of the molecule is Cc1ccc(N2C(=O)c3ccccc3N[C@H]2c2ccc(Cl)cc2)cc1. The number of nitrogens with one attached hydrogen (secondary N) is 1. The van der Waals surface area contributed by atoms with Crippen LogP contribution in [0.4, 0.5) is 11.4 Å². The molecule has 0 unspecified atom stereocenters. The highest BCUT2D eigenvalue weighted by molar-refractivity contribution is 6.30. The molecule has 25 heavy (non-hydrogen) atoms. The van der Waals surface area contributed by atoms with Crippen molar-refractivity contribution in [3.05, 3.63) is 94.5 Å². The van der Waals surface area contributed by atoms with E-state index in [1.54, 1.807) is 4.90 Å². The zero-order valence-corrected chi connectivity index (χ0v) is 14.5. The number of para-hydroxylation sites is 1. The van der Waals surface area contributed by atoms with Gasteiger partial charge in [-0.25, -0.2) is 0 Å². The Balaban J connectivity index is 1.85. The first kappa shape index (κ1) is 15.7. The van der Waals surface area contributed by atoms with E-state index >= 15 is 0 Å². The quantitative estimate of drug-likeness (QED) is 0.670. The lowest BCUT2D eigenvalue weighted by molar-refractivity contribution is 0.0975. The molecule has 0 radical (unpaired) electrons. The second kappa shape index (κ2) is 6.26. The minimum Gasteiger partial charge on any atom is -0.360 e. The summed E-state index contributed by atoms with van der Waals surface area (Å²) in [5, 5.41) is 4.16. The third-order valence-electron chi connectivity index (χ3n) is 4.42. The molecule has 4 rings (SSSR count). The third-order valence-corrected chi connectivity index (χ3v) is 4.68. The van der Waals surface area contributed by atoms with Crippen molar-refractivity contribution in [1.29, 1.82) is 0 Å². The van der Waals surface area contributed by atoms with Crippen LogP contribution in [-0.4, -0.2) is 5.91 Å². The molecule has 3 aromatic carbocycles. The van der Waals surface area contributed by atoms with Gasteiger partial charge in [0.25, 0.3) is 5.91 Å². The van der Waals surface area contributed by atoms with Crippen LogP contribution in [0.5, 0.6) is 0 Å². The molecule has 124 valence electrons. The molecule has 1 amide bonds. The number of nitrogens with zero attached hydrogens (tertiary/aromatic N) is 1. The van der Waals surface area contributed by atoms with Gasteiger partial charge in [-0.3, -0.25) is 9.69 Å². The van der Waals surface area contributed by atoms with Crippen molar-refractivity contribution in [2.24, 2.45) is 0 Å². The number of halogens is 1. The second-order valence-corrected chi connectivity index (χ2v) is 6.59. The summed E-state index contributed by atoms with van der Waals surface area (Å²) in [6.45, 7) is 2.03. The van der Waals surface area contributed by atoms with E-state index in [1.165, 1.54) is 0 Å². The molecule has 0 fully saturated rings. The van der Waals surface area contributed by atoms with Crippen LogP contribution < -0.4 is 10.2 Å². The van der Waals surface area contributed by atoms with Gasteiger partial charge < -0.3 is 5.32 Å². The fraction of sp³-hybridized carbons (Fsp3) is 0.0952. The molecular weight excluding hydrogens is 332 g/mol. The maximum atomic E-state index is 13.2. The average Bonchev–Trinajstić information content (AvgIpc) is 2.63. The first-order valence-corrected chi connectivity index (χ1v) is 8.52. The summed E-state index contributed by atoms with van der Waals surface area (Å²) in [6.07, 6.45) is -0.289. The summed E-state index contributed by atoms with van der Waals surface area (Å²) in [5.41, 5.74) is 4.51. The van der Waals surface area contributed by atoms with Crippen molar-refractivity contribution in [3.8, 4) is 0 Å². The van der Waals surface area contributed by atoms with E-state index in [9.17, 15) is 4.79 Å². The van der Waals surface area contributed by atoms with E-state index in [4.69, 9.17) is 11.6 Å². The van der Waals surface area contributed by atoms with Crippen molar-refractivity contribution < 1.29 is 4.79 Å². The predicted octanol–water partition coefficient (Wildman–Crippen LogP) is 5.42. The number of aryl methyl sites for hydroxylation is 1. The molecule has 3 nitrogen and oxygen atoms in total. The maximum absolute atomic E-state index is 13.2. The molecule has 0 saturated carbocycles. The highest BCUT2D eigenvalue weighted by atomic mass is 35.5. The zero-order valence-electron chi connectivity index (χ0n) is 13.7. The lowest BCUT2D eigenvalue weighted by atomic mass is 10.0. The van der Waals surface area contributed by atoms with Crippen LogP contribution in [0, 0.1) is 6.92 Å². The standard InChI is InChI=1S/C21H17ClN2O/c1-14-6-12-17(13-7-14)24-20(15-8-10-16(22)11-9-15)23-19-5-3-2-4-18(19)21(24)25/h2-13,20,23H,1H3/t20-/m1/s1. The summed E-state index contributed by atoms with van der Waals surface area (Å²) in [7, 11) is 0. The Hall–Kier alpha value is -2.78. The molecule has 3 aromatic rings. The minimum absolute atomic E-state index is 0.0156. The van der Waals surface area contributed by atoms with E-state index in [-0.39, 0.29) is 12.1 Å². The summed E-state index contributed by atoms with van der Waals surface area (Å²) >= 11 is 6.03. The third kappa shape index (κ3) is 2.87. The van der Waals surface area contributed by atoms with Gasteiger partial charge in [-0.05, 0) is 48.9 Å². The lowest BCUT2D eigenvalue weighted by Crippen LogP contribution is -2.43. The maximum Gasteiger partial charge on any atom is 0.262 e. The number of carbonyl (C=O) groups excluding carboxylic acids is 1. The Kier molecular flexibility index (Phi) is 3.94. The van der Waals surface area contributed by atoms with Crippen LogP contribution in [0.2, 0.25) is 5.02 Å². The van der Waals surface area contributed by atoms with Gasteiger partial charge >= 0.3 is 0 Å². The van der Waals surface area contributed by atoms with Crippen molar-refractivity contribution in [2.75, 3.05) is 10.2 Å².